The largest absolute Gasteiger partial charge is 0.302 e. The molecule has 2 aromatic heterocycles. The molecule has 3 aromatic rings. The number of nitrogens with one attached hydrogen (secondary N) is 2. The average molecular weight is 336 g/mol. The molecular formula is C20H24N4O. The Morgan fingerprint density at radius 3 is 2.56 bits per heavy atom. The van der Waals surface area contributed by atoms with Crippen LogP contribution in [0.5, 0.6) is 0 Å². The lowest BCUT2D eigenvalue weighted by Gasteiger charge is -2.22. The molecule has 0 spiro atoms. The van der Waals surface area contributed by atoms with Gasteiger partial charge < -0.3 is 5.32 Å². The minimum absolute atomic E-state index is 0.0292. The Kier molecular flexibility index (Phi) is 3.58. The van der Waals surface area contributed by atoms with Crippen LogP contribution >= 0.6 is 0 Å². The lowest BCUT2D eigenvalue weighted by molar-refractivity contribution is 0.512. The van der Waals surface area contributed by atoms with Crippen LogP contribution in [0.1, 0.15) is 50.4 Å². The summed E-state index contributed by atoms with van der Waals surface area (Å²) in [5.74, 6) is 0. The molecule has 0 amide bonds. The molecule has 5 heteroatoms. The first kappa shape index (κ1) is 16.1. The van der Waals surface area contributed by atoms with Gasteiger partial charge in [-0.25, -0.2) is 9.50 Å². The minimum atomic E-state index is -0.0776. The predicted molar refractivity (Wildman–Crippen MR) is 98.7 cm³/mol. The lowest BCUT2D eigenvalue weighted by Crippen LogP contribution is -2.30. The van der Waals surface area contributed by atoms with E-state index in [0.29, 0.717) is 12.2 Å². The van der Waals surface area contributed by atoms with Gasteiger partial charge in [0.05, 0.1) is 5.69 Å². The Bertz CT molecular complexity index is 956. The molecule has 0 aliphatic heterocycles. The molecule has 5 nitrogen and oxygen atoms in total. The fourth-order valence-corrected chi connectivity index (χ4v) is 3.31. The van der Waals surface area contributed by atoms with Crippen LogP contribution in [0.3, 0.4) is 0 Å². The smallest absolute Gasteiger partial charge is 0.272 e. The Morgan fingerprint density at radius 2 is 1.92 bits per heavy atom. The van der Waals surface area contributed by atoms with Gasteiger partial charge in [-0.15, -0.1) is 0 Å². The summed E-state index contributed by atoms with van der Waals surface area (Å²) in [5.41, 5.74) is 4.22. The van der Waals surface area contributed by atoms with Gasteiger partial charge in [-0.05, 0) is 29.4 Å². The van der Waals surface area contributed by atoms with Crippen molar-refractivity contribution in [2.45, 2.75) is 51.1 Å². The van der Waals surface area contributed by atoms with Crippen LogP contribution in [-0.2, 0) is 17.5 Å². The summed E-state index contributed by atoms with van der Waals surface area (Å²) >= 11 is 0. The summed E-state index contributed by atoms with van der Waals surface area (Å²) in [6, 6.07) is 12.3. The molecule has 2 heterocycles. The SMILES string of the molecule is CC(C)(C)c1ccc(C2(NCc3cc(=O)n4[nH]ccc4n3)CC2)cc1. The third-order valence-electron chi connectivity index (χ3n) is 5.10. The van der Waals surface area contributed by atoms with Crippen LogP contribution in [0.4, 0.5) is 0 Å². The molecule has 25 heavy (non-hydrogen) atoms. The topological polar surface area (TPSA) is 62.2 Å². The van der Waals surface area contributed by atoms with Crippen molar-refractivity contribution in [2.75, 3.05) is 0 Å². The molecule has 1 fully saturated rings. The van der Waals surface area contributed by atoms with Crippen molar-refractivity contribution < 1.29 is 0 Å². The molecule has 1 aromatic carbocycles. The van der Waals surface area contributed by atoms with E-state index in [9.17, 15) is 4.79 Å². The van der Waals surface area contributed by atoms with Crippen LogP contribution in [0.25, 0.3) is 5.65 Å². The second-order valence-electron chi connectivity index (χ2n) is 8.00. The van der Waals surface area contributed by atoms with E-state index in [-0.39, 0.29) is 16.5 Å². The molecule has 0 saturated heterocycles. The van der Waals surface area contributed by atoms with Gasteiger partial charge in [-0.2, -0.15) is 0 Å². The first-order valence-corrected chi connectivity index (χ1v) is 8.80. The van der Waals surface area contributed by atoms with Crippen molar-refractivity contribution in [1.29, 1.82) is 0 Å². The van der Waals surface area contributed by atoms with Gasteiger partial charge >= 0.3 is 0 Å². The fraction of sp³-hybridized carbons (Fsp3) is 0.400. The normalized spacial score (nSPS) is 16.3. The molecule has 0 bridgehead atoms. The number of H-pyrrole nitrogens is 1. The summed E-state index contributed by atoms with van der Waals surface area (Å²) < 4.78 is 1.45. The van der Waals surface area contributed by atoms with E-state index < -0.39 is 0 Å². The standard InChI is InChI=1S/C20H24N4O/c1-19(2,3)14-4-6-15(7-5-14)20(9-10-20)21-13-16-12-18(25)24-17(23-16)8-11-22-24/h4-8,11-12,21-22H,9-10,13H2,1-3H3. The quantitative estimate of drug-likeness (QED) is 0.769. The van der Waals surface area contributed by atoms with Crippen LogP contribution in [-0.4, -0.2) is 14.6 Å². The molecule has 0 unspecified atom stereocenters. The maximum Gasteiger partial charge on any atom is 0.272 e. The molecule has 1 saturated carbocycles. The Morgan fingerprint density at radius 1 is 1.20 bits per heavy atom. The molecule has 130 valence electrons. The van der Waals surface area contributed by atoms with Crippen molar-refractivity contribution in [3.63, 3.8) is 0 Å². The van der Waals surface area contributed by atoms with Gasteiger partial charge in [0.2, 0.25) is 0 Å². The average Bonchev–Trinajstić information content (AvgIpc) is 3.21. The highest BCUT2D eigenvalue weighted by molar-refractivity contribution is 5.37. The molecule has 2 N–H and O–H groups in total. The van der Waals surface area contributed by atoms with E-state index >= 15 is 0 Å². The van der Waals surface area contributed by atoms with Crippen LogP contribution in [0.15, 0.2) is 47.4 Å². The predicted octanol–water partition coefficient (Wildman–Crippen LogP) is 3.10. The van der Waals surface area contributed by atoms with Crippen molar-refractivity contribution in [3.8, 4) is 0 Å². The zero-order valence-corrected chi connectivity index (χ0v) is 15.0. The zero-order chi connectivity index (χ0) is 17.7. The number of fused-ring (bicyclic) bond motifs is 1. The highest BCUT2D eigenvalue weighted by Gasteiger charge is 2.43. The third-order valence-corrected chi connectivity index (χ3v) is 5.10. The van der Waals surface area contributed by atoms with Crippen molar-refractivity contribution in [1.82, 2.24) is 19.9 Å². The number of benzene rings is 1. The number of aromatic nitrogens is 3. The lowest BCUT2D eigenvalue weighted by atomic mass is 9.86. The third kappa shape index (κ3) is 3.00. The van der Waals surface area contributed by atoms with E-state index in [1.165, 1.54) is 15.6 Å². The van der Waals surface area contributed by atoms with Gasteiger partial charge in [0.1, 0.15) is 0 Å². The summed E-state index contributed by atoms with van der Waals surface area (Å²) in [6.45, 7) is 7.29. The van der Waals surface area contributed by atoms with E-state index in [1.807, 2.05) is 6.07 Å². The van der Waals surface area contributed by atoms with Crippen molar-refractivity contribution in [2.24, 2.45) is 0 Å². The molecule has 0 atom stereocenters. The first-order chi connectivity index (χ1) is 11.9. The maximum atomic E-state index is 12.1. The fourth-order valence-electron chi connectivity index (χ4n) is 3.31. The van der Waals surface area contributed by atoms with Gasteiger partial charge in [0.25, 0.3) is 5.56 Å². The molecule has 4 rings (SSSR count). The summed E-state index contributed by atoms with van der Waals surface area (Å²) in [7, 11) is 0. The van der Waals surface area contributed by atoms with E-state index in [0.717, 1.165) is 18.5 Å². The van der Waals surface area contributed by atoms with Gasteiger partial charge in [-0.3, -0.25) is 9.89 Å². The van der Waals surface area contributed by atoms with Gasteiger partial charge in [0.15, 0.2) is 5.65 Å². The highest BCUT2D eigenvalue weighted by Crippen LogP contribution is 2.46. The second kappa shape index (κ2) is 5.56. The van der Waals surface area contributed by atoms with Crippen molar-refractivity contribution in [3.05, 3.63) is 69.8 Å². The number of nitrogens with zero attached hydrogens (tertiary/aromatic N) is 2. The maximum absolute atomic E-state index is 12.1. The zero-order valence-electron chi connectivity index (χ0n) is 15.0. The number of aromatic amines is 1. The Balaban J connectivity index is 1.52. The molecular weight excluding hydrogens is 312 g/mol. The molecule has 0 radical (unpaired) electrons. The minimum Gasteiger partial charge on any atom is -0.302 e. The second-order valence-corrected chi connectivity index (χ2v) is 8.00. The highest BCUT2D eigenvalue weighted by atomic mass is 16.1. The van der Waals surface area contributed by atoms with Crippen LogP contribution < -0.4 is 10.9 Å². The number of hydrogen-bond acceptors (Lipinski definition) is 3. The summed E-state index contributed by atoms with van der Waals surface area (Å²) in [5, 5.41) is 6.49. The summed E-state index contributed by atoms with van der Waals surface area (Å²) in [4.78, 5) is 16.6. The number of rotatable bonds is 4. The summed E-state index contributed by atoms with van der Waals surface area (Å²) in [6.07, 6.45) is 3.96. The van der Waals surface area contributed by atoms with E-state index in [1.54, 1.807) is 12.3 Å². The van der Waals surface area contributed by atoms with E-state index in [2.05, 4.69) is 60.4 Å². The van der Waals surface area contributed by atoms with Crippen molar-refractivity contribution >= 4 is 5.65 Å². The van der Waals surface area contributed by atoms with Crippen LogP contribution in [0.2, 0.25) is 0 Å². The van der Waals surface area contributed by atoms with E-state index in [4.69, 9.17) is 0 Å². The monoisotopic (exact) mass is 336 g/mol. The molecule has 1 aliphatic carbocycles. The van der Waals surface area contributed by atoms with Gasteiger partial charge in [0, 0.05) is 30.4 Å². The first-order valence-electron chi connectivity index (χ1n) is 8.80. The Labute approximate surface area is 147 Å². The van der Waals surface area contributed by atoms with Crippen LogP contribution in [0, 0.1) is 0 Å². The number of hydrogen-bond donors (Lipinski definition) is 2. The Hall–Kier alpha value is -2.40. The molecule has 1 aliphatic rings. The van der Waals surface area contributed by atoms with Gasteiger partial charge in [-0.1, -0.05) is 45.0 Å².